The van der Waals surface area contributed by atoms with Gasteiger partial charge in [-0.2, -0.15) is 0 Å². The van der Waals surface area contributed by atoms with Gasteiger partial charge in [0.05, 0.1) is 8.07 Å². The largest absolute Gasteiger partial charge is 0.456 e. The number of anilines is 6. The van der Waals surface area contributed by atoms with Crippen LogP contribution >= 0.6 is 11.8 Å². The molecule has 10 aromatic rings. The highest BCUT2D eigenvalue weighted by Crippen LogP contribution is 2.52. The van der Waals surface area contributed by atoms with Gasteiger partial charge in [0.1, 0.15) is 11.2 Å². The van der Waals surface area contributed by atoms with E-state index in [0.29, 0.717) is 0 Å². The molecule has 0 radical (unpaired) electrons. The van der Waals surface area contributed by atoms with E-state index in [1.54, 1.807) is 0 Å². The maximum Gasteiger partial charge on any atom is 0.137 e. The number of fused-ring (bicyclic) bond motifs is 7. The van der Waals surface area contributed by atoms with Crippen LogP contribution in [0.3, 0.4) is 0 Å². The third kappa shape index (κ3) is 5.81. The van der Waals surface area contributed by atoms with E-state index in [2.05, 4.69) is 205 Å². The molecule has 0 aliphatic carbocycles. The molecule has 0 fully saturated rings. The summed E-state index contributed by atoms with van der Waals surface area (Å²) >= 11 is 1.88. The Morgan fingerprint density at radius 1 is 0.397 bits per heavy atom. The van der Waals surface area contributed by atoms with Crippen LogP contribution in [0.1, 0.15) is 0 Å². The first-order chi connectivity index (χ1) is 28.4. The van der Waals surface area contributed by atoms with Crippen molar-refractivity contribution < 1.29 is 4.42 Å². The van der Waals surface area contributed by atoms with Crippen molar-refractivity contribution in [2.45, 2.75) is 29.4 Å². The van der Waals surface area contributed by atoms with Crippen LogP contribution in [0.4, 0.5) is 34.1 Å². The van der Waals surface area contributed by atoms with E-state index in [0.717, 1.165) is 50.4 Å². The Labute approximate surface area is 343 Å². The standard InChI is InChI=1S/C53H40N2OSSi/c1-58(2,3)42-27-23-38(24-28-42)54(36-13-6-4-7-14-36)41-26-30-45-48-31-35-21-22-39(32-47(35)46-18-12-20-51(53(46)48)57-52(45)34-41)55(37-15-8-5-9-16-37)40-25-29-44-43-17-10-11-19-49(43)56-50(44)33-40/h4-34H,1-3H3. The quantitative estimate of drug-likeness (QED) is 0.118. The number of hydrogen-bond acceptors (Lipinski definition) is 4. The van der Waals surface area contributed by atoms with Gasteiger partial charge in [0, 0.05) is 66.1 Å². The van der Waals surface area contributed by atoms with Crippen LogP contribution < -0.4 is 15.0 Å². The van der Waals surface area contributed by atoms with Gasteiger partial charge in [0.2, 0.25) is 0 Å². The van der Waals surface area contributed by atoms with Crippen molar-refractivity contribution in [3.05, 3.63) is 188 Å². The lowest BCUT2D eigenvalue weighted by Gasteiger charge is -2.29. The molecule has 5 heteroatoms. The van der Waals surface area contributed by atoms with Crippen LogP contribution in [0.15, 0.2) is 202 Å². The summed E-state index contributed by atoms with van der Waals surface area (Å²) in [6.45, 7) is 7.21. The summed E-state index contributed by atoms with van der Waals surface area (Å²) in [5.74, 6) is 0. The Morgan fingerprint density at radius 3 is 1.74 bits per heavy atom. The highest BCUT2D eigenvalue weighted by atomic mass is 32.2. The SMILES string of the molecule is C[Si](C)(C)c1ccc(N(c2ccccc2)c2ccc3c(c2)Sc2cccc4c2c-3cc2ccc(N(c3ccccc3)c3ccc5c(c3)oc3ccccc35)cc24)cc1. The van der Waals surface area contributed by atoms with Crippen molar-refractivity contribution in [3.8, 4) is 11.1 Å². The van der Waals surface area contributed by atoms with Gasteiger partial charge in [0.25, 0.3) is 0 Å². The molecule has 0 unspecified atom stereocenters. The molecular weight excluding hydrogens is 741 g/mol. The van der Waals surface area contributed by atoms with E-state index in [4.69, 9.17) is 4.42 Å². The minimum Gasteiger partial charge on any atom is -0.456 e. The second-order valence-electron chi connectivity index (χ2n) is 16.2. The molecular formula is C53H40N2OSSi. The molecule has 278 valence electrons. The van der Waals surface area contributed by atoms with E-state index >= 15 is 0 Å². The minimum atomic E-state index is -1.43. The normalized spacial score (nSPS) is 12.3. The zero-order valence-corrected chi connectivity index (χ0v) is 34.4. The molecule has 0 spiro atoms. The molecule has 11 rings (SSSR count). The van der Waals surface area contributed by atoms with Crippen LogP contribution in [0.25, 0.3) is 54.6 Å². The van der Waals surface area contributed by atoms with Gasteiger partial charge in [-0.1, -0.05) is 128 Å². The van der Waals surface area contributed by atoms with Crippen molar-refractivity contribution in [3.63, 3.8) is 0 Å². The Hall–Kier alpha value is -6.53. The molecule has 0 N–H and O–H groups in total. The van der Waals surface area contributed by atoms with E-state index in [1.807, 2.05) is 23.9 Å². The van der Waals surface area contributed by atoms with Crippen LogP contribution in [-0.4, -0.2) is 8.07 Å². The van der Waals surface area contributed by atoms with Gasteiger partial charge in [-0.15, -0.1) is 0 Å². The second kappa shape index (κ2) is 13.5. The van der Waals surface area contributed by atoms with E-state index in [-0.39, 0.29) is 0 Å². The first kappa shape index (κ1) is 34.7. The minimum absolute atomic E-state index is 0.882. The number of rotatable bonds is 7. The topological polar surface area (TPSA) is 19.6 Å². The second-order valence-corrected chi connectivity index (χ2v) is 22.4. The Kier molecular flexibility index (Phi) is 8.11. The van der Waals surface area contributed by atoms with E-state index in [1.165, 1.54) is 53.3 Å². The highest BCUT2D eigenvalue weighted by Gasteiger charge is 2.24. The Morgan fingerprint density at radius 2 is 0.983 bits per heavy atom. The first-order valence-corrected chi connectivity index (χ1v) is 24.2. The predicted octanol–water partition coefficient (Wildman–Crippen LogP) is 15.5. The van der Waals surface area contributed by atoms with Gasteiger partial charge in [-0.25, -0.2) is 0 Å². The lowest BCUT2D eigenvalue weighted by Crippen LogP contribution is -2.37. The maximum absolute atomic E-state index is 6.37. The molecule has 0 saturated carbocycles. The van der Waals surface area contributed by atoms with Crippen molar-refractivity contribution in [1.82, 2.24) is 0 Å². The van der Waals surface area contributed by atoms with Gasteiger partial charge < -0.3 is 14.2 Å². The molecule has 1 aliphatic rings. The third-order valence-electron chi connectivity index (χ3n) is 11.6. The molecule has 1 aromatic heterocycles. The summed E-state index contributed by atoms with van der Waals surface area (Å²) in [5.41, 5.74) is 11.1. The lowest BCUT2D eigenvalue weighted by atomic mass is 9.92. The molecule has 1 aliphatic heterocycles. The third-order valence-corrected chi connectivity index (χ3v) is 14.7. The number of hydrogen-bond donors (Lipinski definition) is 0. The smallest absolute Gasteiger partial charge is 0.137 e. The zero-order chi connectivity index (χ0) is 39.0. The van der Waals surface area contributed by atoms with Crippen LogP contribution in [-0.2, 0) is 0 Å². The van der Waals surface area contributed by atoms with Crippen LogP contribution in [0.5, 0.6) is 0 Å². The number of furan rings is 1. The van der Waals surface area contributed by atoms with Gasteiger partial charge >= 0.3 is 0 Å². The maximum atomic E-state index is 6.37. The van der Waals surface area contributed by atoms with Crippen molar-refractivity contribution in [1.29, 1.82) is 0 Å². The summed E-state index contributed by atoms with van der Waals surface area (Å²) in [4.78, 5) is 7.27. The van der Waals surface area contributed by atoms with Crippen molar-refractivity contribution in [2.75, 3.05) is 9.80 Å². The predicted molar refractivity (Wildman–Crippen MR) is 251 cm³/mol. The van der Waals surface area contributed by atoms with Crippen LogP contribution in [0, 0.1) is 0 Å². The van der Waals surface area contributed by atoms with Crippen molar-refractivity contribution in [2.24, 2.45) is 0 Å². The number of para-hydroxylation sites is 3. The number of benzene rings is 9. The molecule has 0 atom stereocenters. The van der Waals surface area contributed by atoms with E-state index < -0.39 is 8.07 Å². The molecule has 3 nitrogen and oxygen atoms in total. The molecule has 0 saturated heterocycles. The highest BCUT2D eigenvalue weighted by molar-refractivity contribution is 7.99. The number of nitrogens with zero attached hydrogens (tertiary/aromatic N) is 2. The molecule has 0 bridgehead atoms. The van der Waals surface area contributed by atoms with Gasteiger partial charge in [-0.05, 0) is 118 Å². The summed E-state index contributed by atoms with van der Waals surface area (Å²) in [6.07, 6.45) is 0. The fourth-order valence-corrected chi connectivity index (χ4v) is 11.0. The summed E-state index contributed by atoms with van der Waals surface area (Å²) in [7, 11) is -1.43. The fraction of sp³-hybridized carbons (Fsp3) is 0.0566. The zero-order valence-electron chi connectivity index (χ0n) is 32.6. The molecule has 0 amide bonds. The van der Waals surface area contributed by atoms with Crippen molar-refractivity contribution >= 4 is 103 Å². The average Bonchev–Trinajstić information content (AvgIpc) is 3.63. The fourth-order valence-electron chi connectivity index (χ4n) is 8.69. The lowest BCUT2D eigenvalue weighted by molar-refractivity contribution is 0.669. The molecule has 58 heavy (non-hydrogen) atoms. The Bertz CT molecular complexity index is 3190. The van der Waals surface area contributed by atoms with Gasteiger partial charge in [-0.3, -0.25) is 0 Å². The Balaban J connectivity index is 1.03. The first-order valence-electron chi connectivity index (χ1n) is 19.9. The van der Waals surface area contributed by atoms with E-state index in [9.17, 15) is 0 Å². The monoisotopic (exact) mass is 780 g/mol. The van der Waals surface area contributed by atoms with Gasteiger partial charge in [0.15, 0.2) is 0 Å². The van der Waals surface area contributed by atoms with Crippen LogP contribution in [0.2, 0.25) is 19.6 Å². The summed E-state index contributed by atoms with van der Waals surface area (Å²) < 4.78 is 6.37. The summed E-state index contributed by atoms with van der Waals surface area (Å²) in [5, 5.41) is 8.77. The molecule has 2 heterocycles. The molecule has 9 aromatic carbocycles. The average molecular weight is 781 g/mol. The summed E-state index contributed by atoms with van der Waals surface area (Å²) in [6, 6.07) is 68.6.